The van der Waals surface area contributed by atoms with Crippen molar-refractivity contribution in [2.75, 3.05) is 20.6 Å². The smallest absolute Gasteiger partial charge is 0.332 e. The van der Waals surface area contributed by atoms with Crippen molar-refractivity contribution in [1.29, 1.82) is 0 Å². The molecule has 0 spiro atoms. The lowest BCUT2D eigenvalue weighted by Gasteiger charge is -2.20. The van der Waals surface area contributed by atoms with Crippen LogP contribution in [0.15, 0.2) is 0 Å². The first-order valence-electron chi connectivity index (χ1n) is 8.78. The molecular formula is C17H32N4O6. The zero-order valence-corrected chi connectivity index (χ0v) is 16.6. The number of unbranched alkanes of at least 4 members (excludes halogenated alkanes) is 1. The normalized spacial score (nSPS) is 13.9. The average Bonchev–Trinajstić information content (AvgIpc) is 2.91. The van der Waals surface area contributed by atoms with Gasteiger partial charge in [-0.1, -0.05) is 13.3 Å². The molecule has 1 aliphatic rings. The van der Waals surface area contributed by atoms with Crippen LogP contribution >= 0.6 is 0 Å². The SMILES string of the molecule is CC=O.[13CH3]CC(=O)ON1C(=O)CCC1=O.[13CH3]N([13CH3])C(CCCC[15NH2])C(N)=O. The van der Waals surface area contributed by atoms with Gasteiger partial charge < -0.3 is 21.1 Å². The highest BCUT2D eigenvalue weighted by molar-refractivity contribution is 6.01. The number of amides is 3. The summed E-state index contributed by atoms with van der Waals surface area (Å²) in [7, 11) is 3.72. The maximum absolute atomic E-state index is 10.9. The maximum Gasteiger partial charge on any atom is 0.332 e. The fourth-order valence-corrected chi connectivity index (χ4v) is 1.96. The van der Waals surface area contributed by atoms with Crippen molar-refractivity contribution >= 4 is 30.0 Å². The van der Waals surface area contributed by atoms with Crippen LogP contribution in [0.2, 0.25) is 0 Å². The number of aldehydes is 1. The zero-order valence-electron chi connectivity index (χ0n) is 16.6. The number of hydrogen-bond acceptors (Lipinski definition) is 8. The fraction of sp³-hybridized carbons (Fsp3) is 0.706. The molecule has 10 nitrogen and oxygen atoms in total. The molecule has 1 saturated heterocycles. The minimum absolute atomic E-state index is 0.135. The van der Waals surface area contributed by atoms with E-state index in [9.17, 15) is 19.2 Å². The minimum atomic E-state index is -0.571. The molecule has 1 fully saturated rings. The summed E-state index contributed by atoms with van der Waals surface area (Å²) in [6, 6.07) is -0.142. The molecular weight excluding hydrogens is 360 g/mol. The summed E-state index contributed by atoms with van der Waals surface area (Å²) in [6.07, 6.45) is 3.89. The summed E-state index contributed by atoms with van der Waals surface area (Å²) in [6.45, 7) is 3.71. The summed E-state index contributed by atoms with van der Waals surface area (Å²) in [5.74, 6) is -1.71. The predicted octanol–water partition coefficient (Wildman–Crippen LogP) is -0.260. The van der Waals surface area contributed by atoms with Crippen molar-refractivity contribution < 1.29 is 28.8 Å². The number of nitrogens with two attached hydrogens (primary N) is 2. The zero-order chi connectivity index (χ0) is 21.4. The Bertz CT molecular complexity index is 480. The summed E-state index contributed by atoms with van der Waals surface area (Å²) in [5.41, 5.74) is 10.5. The van der Waals surface area contributed by atoms with E-state index in [0.717, 1.165) is 25.5 Å². The van der Waals surface area contributed by atoms with Gasteiger partial charge in [0.05, 0.1) is 6.04 Å². The maximum atomic E-state index is 10.9. The Morgan fingerprint density at radius 3 is 2.04 bits per heavy atom. The number of carbonyl (C=O) groups excluding carboxylic acids is 5. The number of rotatable bonds is 8. The molecule has 1 heterocycles. The van der Waals surface area contributed by atoms with Gasteiger partial charge in [0, 0.05) is 19.3 Å². The van der Waals surface area contributed by atoms with Gasteiger partial charge >= 0.3 is 5.97 Å². The number of nitrogens with zero attached hydrogens (tertiary/aromatic N) is 2. The topological polar surface area (TPSA) is 153 Å². The molecule has 0 aliphatic carbocycles. The van der Waals surface area contributed by atoms with Gasteiger partial charge in [-0.05, 0) is 40.4 Å². The van der Waals surface area contributed by atoms with Gasteiger partial charge in [-0.3, -0.25) is 19.3 Å². The van der Waals surface area contributed by atoms with Crippen molar-refractivity contribution in [3.8, 4) is 0 Å². The molecule has 4 N–H and O–H groups in total. The summed E-state index contributed by atoms with van der Waals surface area (Å²) >= 11 is 0. The first kappa shape index (κ1) is 26.9. The molecule has 3 amide bonds. The third-order valence-electron chi connectivity index (χ3n) is 3.37. The third-order valence-corrected chi connectivity index (χ3v) is 3.37. The highest BCUT2D eigenvalue weighted by Crippen LogP contribution is 2.12. The Kier molecular flexibility index (Phi) is 15.8. The quantitative estimate of drug-likeness (QED) is 0.188. The van der Waals surface area contributed by atoms with E-state index in [-0.39, 0.29) is 31.2 Å². The third kappa shape index (κ3) is 12.6. The fourth-order valence-electron chi connectivity index (χ4n) is 1.96. The van der Waals surface area contributed by atoms with E-state index in [2.05, 4.69) is 4.84 Å². The highest BCUT2D eigenvalue weighted by Gasteiger charge is 2.32. The number of likely N-dealkylation sites (N-methyl/N-ethyl adjacent to an activating group) is 1. The Morgan fingerprint density at radius 1 is 1.22 bits per heavy atom. The Hall–Kier alpha value is -2.33. The Labute approximate surface area is 160 Å². The first-order valence-corrected chi connectivity index (χ1v) is 8.78. The second kappa shape index (κ2) is 15.9. The van der Waals surface area contributed by atoms with E-state index in [4.69, 9.17) is 16.3 Å². The van der Waals surface area contributed by atoms with Gasteiger partial charge in [-0.15, -0.1) is 5.06 Å². The predicted molar refractivity (Wildman–Crippen MR) is 98.8 cm³/mol. The molecule has 1 unspecified atom stereocenters. The average molecular weight is 392 g/mol. The van der Waals surface area contributed by atoms with Crippen LogP contribution in [-0.4, -0.2) is 66.6 Å². The van der Waals surface area contributed by atoms with Crippen LogP contribution in [0.3, 0.4) is 0 Å². The minimum Gasteiger partial charge on any atom is -0.368 e. The first-order chi connectivity index (χ1) is 12.7. The van der Waals surface area contributed by atoms with Crippen molar-refractivity contribution in [3.05, 3.63) is 0 Å². The number of imide groups is 1. The molecule has 0 saturated carbocycles. The van der Waals surface area contributed by atoms with Gasteiger partial charge in [0.1, 0.15) is 6.29 Å². The molecule has 0 aromatic carbocycles. The van der Waals surface area contributed by atoms with Crippen LogP contribution in [0.5, 0.6) is 0 Å². The van der Waals surface area contributed by atoms with Crippen molar-refractivity contribution in [2.45, 2.75) is 58.4 Å². The van der Waals surface area contributed by atoms with E-state index in [1.165, 1.54) is 6.92 Å². The number of hydroxylamine groups is 2. The van der Waals surface area contributed by atoms with E-state index in [0.29, 0.717) is 11.6 Å². The standard InChI is InChI=1S/C8H19N3O.C7H9NO4.C2H4O/c1-11(2)7(8(10)12)5-3-4-6-9;1-2-7(11)12-8-5(9)3-4-6(8)10;1-2-3/h7H,3-6,9H2,1-2H3,(H2,10,12);2-4H2,1H3;2H,1H3/i1+1,2+1,9+1;1+1;. The molecule has 0 aromatic rings. The number of primary amides is 1. The van der Waals surface area contributed by atoms with E-state index in [1.807, 2.05) is 19.0 Å². The molecule has 0 aromatic heterocycles. The second-order valence-corrected chi connectivity index (χ2v) is 5.80. The van der Waals surface area contributed by atoms with Crippen LogP contribution < -0.4 is 11.5 Å². The van der Waals surface area contributed by atoms with Gasteiger partial charge in [0.2, 0.25) is 5.91 Å². The second-order valence-electron chi connectivity index (χ2n) is 5.80. The molecule has 1 aliphatic heterocycles. The van der Waals surface area contributed by atoms with Gasteiger partial charge in [-0.2, -0.15) is 0 Å². The van der Waals surface area contributed by atoms with Crippen molar-refractivity contribution in [1.82, 2.24) is 9.96 Å². The van der Waals surface area contributed by atoms with Crippen molar-refractivity contribution in [2.24, 2.45) is 11.5 Å². The number of hydrogen-bond donors (Lipinski definition) is 2. The molecule has 0 bridgehead atoms. The molecule has 1 atom stereocenters. The summed E-state index contributed by atoms with van der Waals surface area (Å²) in [4.78, 5) is 58.4. The molecule has 156 valence electrons. The Balaban J connectivity index is 0. The lowest BCUT2D eigenvalue weighted by atomic mass is 10.1. The molecule has 27 heavy (non-hydrogen) atoms. The lowest BCUT2D eigenvalue weighted by Crippen LogP contribution is -2.40. The van der Waals surface area contributed by atoms with Crippen LogP contribution in [0.1, 0.15) is 52.4 Å². The summed E-state index contributed by atoms with van der Waals surface area (Å²) < 4.78 is 0. The largest absolute Gasteiger partial charge is 0.368 e. The van der Waals surface area contributed by atoms with Crippen LogP contribution in [0.4, 0.5) is 0 Å². The highest BCUT2D eigenvalue weighted by atomic mass is 16.7. The van der Waals surface area contributed by atoms with Crippen LogP contribution in [0.25, 0.3) is 0 Å². The molecule has 1 rings (SSSR count). The molecule has 10 heteroatoms. The molecule has 0 radical (unpaired) electrons. The van der Waals surface area contributed by atoms with Crippen LogP contribution in [0, 0.1) is 0 Å². The summed E-state index contributed by atoms with van der Waals surface area (Å²) in [5, 5.41) is 0.547. The monoisotopic (exact) mass is 392 g/mol. The van der Waals surface area contributed by atoms with Crippen molar-refractivity contribution in [3.63, 3.8) is 0 Å². The van der Waals surface area contributed by atoms with E-state index in [1.54, 1.807) is 6.92 Å². The van der Waals surface area contributed by atoms with Gasteiger partial charge in [-0.25, -0.2) is 4.79 Å². The van der Waals surface area contributed by atoms with E-state index >= 15 is 0 Å². The Morgan fingerprint density at radius 2 is 1.70 bits per heavy atom. The van der Waals surface area contributed by atoms with Gasteiger partial charge in [0.15, 0.2) is 0 Å². The number of carbonyl (C=O) groups is 5. The van der Waals surface area contributed by atoms with Crippen LogP contribution in [-0.2, 0) is 28.8 Å². The lowest BCUT2D eigenvalue weighted by molar-refractivity contribution is -0.197. The van der Waals surface area contributed by atoms with Gasteiger partial charge in [0.25, 0.3) is 11.8 Å². The van der Waals surface area contributed by atoms with E-state index < -0.39 is 17.8 Å².